The first-order valence-electron chi connectivity index (χ1n) is 20.9. The zero-order chi connectivity index (χ0) is 45.7. The molecule has 17 nitrogen and oxygen atoms in total. The van der Waals surface area contributed by atoms with Crippen molar-refractivity contribution in [2.24, 2.45) is 28.8 Å². The number of oxime groups is 1. The van der Waals surface area contributed by atoms with E-state index in [4.69, 9.17) is 33.2 Å². The minimum Gasteiger partial charge on any atom is -0.457 e. The second kappa shape index (κ2) is 19.8. The normalized spacial score (nSPS) is 35.1. The Labute approximate surface area is 361 Å². The Morgan fingerprint density at radius 3 is 2.10 bits per heavy atom. The molecule has 3 saturated heterocycles. The van der Waals surface area contributed by atoms with Gasteiger partial charge in [-0.2, -0.15) is 0 Å². The van der Waals surface area contributed by atoms with Crippen LogP contribution < -0.4 is 5.32 Å². The van der Waals surface area contributed by atoms with Crippen molar-refractivity contribution in [3.63, 3.8) is 0 Å². The summed E-state index contributed by atoms with van der Waals surface area (Å²) in [6, 6.07) is 15.8. The molecule has 2 aromatic carbocycles. The highest BCUT2D eigenvalue weighted by Crippen LogP contribution is 2.42. The number of imide groups is 1. The first-order chi connectivity index (χ1) is 29.2. The number of ether oxygens (including phenoxy) is 7. The molecule has 3 aliphatic heterocycles. The summed E-state index contributed by atoms with van der Waals surface area (Å²) in [5.74, 6) is -7.55. The number of carbonyl (C=O) groups is 6. The van der Waals surface area contributed by atoms with Crippen LogP contribution in [0.25, 0.3) is 0 Å². The number of fused-ring (bicyclic) bond motifs is 1. The molecule has 0 radical (unpaired) electrons. The molecule has 0 spiro atoms. The number of nitrogens with one attached hydrogen (secondary N) is 1. The molecule has 3 fully saturated rings. The first kappa shape index (κ1) is 47.7. The van der Waals surface area contributed by atoms with Gasteiger partial charge in [-0.05, 0) is 85.3 Å². The predicted molar refractivity (Wildman–Crippen MR) is 221 cm³/mol. The van der Waals surface area contributed by atoms with Crippen molar-refractivity contribution in [1.82, 2.24) is 10.2 Å². The fourth-order valence-corrected chi connectivity index (χ4v) is 9.02. The molecule has 338 valence electrons. The molecular formula is C45H59N3O14. The maximum absolute atomic E-state index is 14.7. The van der Waals surface area contributed by atoms with E-state index in [1.165, 1.54) is 32.9 Å². The van der Waals surface area contributed by atoms with Crippen LogP contribution in [0.15, 0.2) is 65.8 Å². The molecule has 3 heterocycles. The molecule has 2 N–H and O–H groups in total. The number of Topliss-reactive ketones (excluding diaryl/α,β-unsaturated/α-hetero) is 1. The summed E-state index contributed by atoms with van der Waals surface area (Å²) < 4.78 is 42.9. The van der Waals surface area contributed by atoms with Gasteiger partial charge in [-0.25, -0.2) is 14.4 Å². The number of ketones is 1. The minimum atomic E-state index is -1.94. The molecule has 2 aromatic rings. The molecule has 0 unspecified atom stereocenters. The number of alkyl carbamates (subject to hydrolysis) is 1. The molecule has 13 atom stereocenters. The van der Waals surface area contributed by atoms with Crippen LogP contribution in [0.5, 0.6) is 0 Å². The molecule has 62 heavy (non-hydrogen) atoms. The lowest BCUT2D eigenvalue weighted by molar-refractivity contribution is -0.291. The Morgan fingerprint density at radius 1 is 0.903 bits per heavy atom. The summed E-state index contributed by atoms with van der Waals surface area (Å²) in [4.78, 5) is 84.3. The quantitative estimate of drug-likeness (QED) is 0.103. The number of carbonyl (C=O) groups excluding carboxylic acids is 6. The molecule has 3 aliphatic rings. The van der Waals surface area contributed by atoms with Crippen LogP contribution in [0, 0.1) is 23.7 Å². The topological polar surface area (TPSA) is 215 Å². The van der Waals surface area contributed by atoms with E-state index in [-0.39, 0.29) is 29.7 Å². The van der Waals surface area contributed by atoms with Gasteiger partial charge in [0.05, 0.1) is 23.4 Å². The van der Waals surface area contributed by atoms with Gasteiger partial charge in [-0.3, -0.25) is 19.7 Å². The number of hydrogen-bond donors (Lipinski definition) is 2. The summed E-state index contributed by atoms with van der Waals surface area (Å²) in [6.07, 6.45) is -8.65. The van der Waals surface area contributed by atoms with E-state index in [2.05, 4.69) is 10.5 Å². The van der Waals surface area contributed by atoms with Gasteiger partial charge in [-0.1, -0.05) is 69.2 Å². The third-order valence-corrected chi connectivity index (χ3v) is 12.3. The number of benzene rings is 2. The summed E-state index contributed by atoms with van der Waals surface area (Å²) in [5, 5.41) is 16.5. The Hall–Kier alpha value is -5.39. The second-order valence-corrected chi connectivity index (χ2v) is 17.1. The maximum atomic E-state index is 14.7. The van der Waals surface area contributed by atoms with Crippen LogP contribution >= 0.6 is 0 Å². The lowest BCUT2D eigenvalue weighted by Crippen LogP contribution is -2.61. The van der Waals surface area contributed by atoms with Crippen molar-refractivity contribution in [2.75, 3.05) is 14.1 Å². The summed E-state index contributed by atoms with van der Waals surface area (Å²) >= 11 is 0. The van der Waals surface area contributed by atoms with Gasteiger partial charge in [0.15, 0.2) is 29.9 Å². The molecule has 0 saturated carbocycles. The average Bonchev–Trinajstić information content (AvgIpc) is 3.55. The lowest BCUT2D eigenvalue weighted by Gasteiger charge is -2.47. The Morgan fingerprint density at radius 2 is 1.52 bits per heavy atom. The number of amides is 2. The van der Waals surface area contributed by atoms with Crippen LogP contribution in [0.2, 0.25) is 0 Å². The zero-order valence-electron chi connectivity index (χ0n) is 36.9. The first-order valence-corrected chi connectivity index (χ1v) is 20.9. The molecule has 17 heteroatoms. The van der Waals surface area contributed by atoms with E-state index >= 15 is 0 Å². The lowest BCUT2D eigenvalue weighted by atomic mass is 9.74. The molecule has 5 rings (SSSR count). The number of cyclic esters (lactones) is 1. The van der Waals surface area contributed by atoms with E-state index in [0.29, 0.717) is 6.42 Å². The van der Waals surface area contributed by atoms with Gasteiger partial charge in [0.2, 0.25) is 0 Å². The van der Waals surface area contributed by atoms with Crippen LogP contribution in [-0.4, -0.2) is 120 Å². The number of nitrogens with zero attached hydrogens (tertiary/aromatic N) is 2. The van der Waals surface area contributed by atoms with Crippen molar-refractivity contribution in [3.05, 3.63) is 71.8 Å². The smallest absolute Gasteiger partial charge is 0.457 e. The van der Waals surface area contributed by atoms with Gasteiger partial charge in [0.25, 0.3) is 5.91 Å². The van der Waals surface area contributed by atoms with Crippen molar-refractivity contribution in [2.45, 2.75) is 129 Å². The van der Waals surface area contributed by atoms with Gasteiger partial charge >= 0.3 is 24.2 Å². The predicted octanol–water partition coefficient (Wildman–Crippen LogP) is 5.95. The van der Waals surface area contributed by atoms with Crippen LogP contribution in [0.1, 0.15) is 95.4 Å². The second-order valence-electron chi connectivity index (χ2n) is 17.1. The highest BCUT2D eigenvalue weighted by molar-refractivity contribution is 6.03. The van der Waals surface area contributed by atoms with Crippen LogP contribution in [0.3, 0.4) is 0 Å². The highest BCUT2D eigenvalue weighted by atomic mass is 16.8. The van der Waals surface area contributed by atoms with Crippen molar-refractivity contribution in [1.29, 1.82) is 0 Å². The van der Waals surface area contributed by atoms with Gasteiger partial charge in [-0.15, -0.1) is 0 Å². The van der Waals surface area contributed by atoms with Crippen LogP contribution in [0.4, 0.5) is 9.59 Å². The monoisotopic (exact) mass is 865 g/mol. The Balaban J connectivity index is 1.65. The fourth-order valence-electron chi connectivity index (χ4n) is 9.02. The van der Waals surface area contributed by atoms with Gasteiger partial charge < -0.3 is 43.3 Å². The zero-order valence-corrected chi connectivity index (χ0v) is 36.9. The summed E-state index contributed by atoms with van der Waals surface area (Å²) in [7, 11) is 3.62. The maximum Gasteiger partial charge on any atom is 0.509 e. The fraction of sp³-hybridized carbons (Fsp3) is 0.578. The van der Waals surface area contributed by atoms with Crippen molar-refractivity contribution < 1.29 is 67.1 Å². The van der Waals surface area contributed by atoms with E-state index in [9.17, 15) is 34.0 Å². The summed E-state index contributed by atoms with van der Waals surface area (Å²) in [6.45, 7) is 12.7. The number of hydrogen-bond acceptors (Lipinski definition) is 16. The molecule has 0 bridgehead atoms. The largest absolute Gasteiger partial charge is 0.509 e. The third kappa shape index (κ3) is 10.3. The van der Waals surface area contributed by atoms with Crippen molar-refractivity contribution >= 4 is 41.6 Å². The van der Waals surface area contributed by atoms with Gasteiger partial charge in [0, 0.05) is 23.3 Å². The Bertz CT molecular complexity index is 1980. The Kier molecular flexibility index (Phi) is 15.2. The van der Waals surface area contributed by atoms with E-state index < -0.39 is 114 Å². The van der Waals surface area contributed by atoms with Crippen LogP contribution in [-0.2, 0) is 42.7 Å². The number of likely N-dealkylation sites (N-methyl/N-ethyl adjacent to an activating group) is 1. The number of rotatable bonds is 8. The minimum absolute atomic E-state index is 0.0735. The molecule has 0 aromatic heterocycles. The molecule has 2 amide bonds. The van der Waals surface area contributed by atoms with E-state index in [0.717, 1.165) is 0 Å². The van der Waals surface area contributed by atoms with E-state index in [1.807, 2.05) is 25.9 Å². The third-order valence-electron chi connectivity index (χ3n) is 12.3. The average molecular weight is 866 g/mol. The van der Waals surface area contributed by atoms with Crippen molar-refractivity contribution in [3.8, 4) is 0 Å². The molecular weight excluding hydrogens is 807 g/mol. The molecule has 0 aliphatic carbocycles. The highest BCUT2D eigenvalue weighted by Gasteiger charge is 2.59. The SMILES string of the molecule is CC[C@@H]1OC(=O)[C@H](C)C(=O)[C@H](C)[C@@H](O[C@@H]2O[C@H](C)C[C@H](N(C)C)[C@H]2OC(=O)c2ccccc2)[C@@](C)(OC(=O)NC(=O)c2ccccc2)C[C@@H](C)/C(=N\O)[C@@H](C)[C@H]2OC(=O)O[C@]12C. The summed E-state index contributed by atoms with van der Waals surface area (Å²) in [5.41, 5.74) is -3.03. The standard InChI is InChI=1S/C45H59N3O14/c1-11-32-45(8)37(60-43(54)62-45)26(4)33(47-55)24(2)23-44(7,61-42(53)46-38(50)29-18-14-12-15-19-29)36(27(5)34(49)28(6)39(51)57-32)59-41-35(31(48(9)10)22-25(3)56-41)58-40(52)30-20-16-13-17-21-30/h12-21,24-28,31-32,35-37,41,55H,11,22-23H2,1-10H3,(H,46,50,53)/b47-33+/t24-,25-,26-,27+,28-,31+,32+,35-,36-,37-,41+,44+,45-/m1/s1. The van der Waals surface area contributed by atoms with E-state index in [1.54, 1.807) is 76.2 Å². The number of esters is 2. The van der Waals surface area contributed by atoms with Gasteiger partial charge in [0.1, 0.15) is 23.7 Å².